The number of benzene rings is 2. The van der Waals surface area contributed by atoms with Gasteiger partial charge in [0.2, 0.25) is 0 Å². The average molecular weight is 364 g/mol. The number of aromatic amines is 1. The number of H-pyrrole nitrogens is 1. The highest BCUT2D eigenvalue weighted by molar-refractivity contribution is 5.85. The van der Waals surface area contributed by atoms with Gasteiger partial charge in [0.05, 0.1) is 6.04 Å². The van der Waals surface area contributed by atoms with Crippen molar-refractivity contribution in [2.75, 3.05) is 32.8 Å². The Hall–Kier alpha value is -2.30. The van der Waals surface area contributed by atoms with Crippen LogP contribution in [-0.4, -0.2) is 42.7 Å². The summed E-state index contributed by atoms with van der Waals surface area (Å²) in [5.41, 5.74) is 5.26. The fraction of sp³-hybridized carbons (Fsp3) is 0.391. The number of aromatic nitrogens is 1. The first-order valence-corrected chi connectivity index (χ1v) is 10.1. The van der Waals surface area contributed by atoms with Crippen molar-refractivity contribution in [3.05, 3.63) is 65.4 Å². The smallest absolute Gasteiger partial charge is 0.119 e. The van der Waals surface area contributed by atoms with Crippen molar-refractivity contribution in [3.8, 4) is 5.75 Å². The molecule has 4 nitrogen and oxygen atoms in total. The Morgan fingerprint density at radius 3 is 2.59 bits per heavy atom. The van der Waals surface area contributed by atoms with Crippen LogP contribution in [0.1, 0.15) is 36.7 Å². The van der Waals surface area contributed by atoms with Crippen molar-refractivity contribution >= 4 is 10.9 Å². The van der Waals surface area contributed by atoms with Crippen LogP contribution in [-0.2, 0) is 6.42 Å². The highest BCUT2D eigenvalue weighted by Crippen LogP contribution is 2.33. The molecule has 0 saturated carbocycles. The minimum atomic E-state index is 0.214. The number of nitrogens with one attached hydrogen (secondary N) is 2. The molecule has 2 N–H and O–H groups in total. The first-order valence-electron chi connectivity index (χ1n) is 10.1. The van der Waals surface area contributed by atoms with Gasteiger partial charge in [-0.05, 0) is 48.8 Å². The fourth-order valence-corrected chi connectivity index (χ4v) is 4.05. The molecule has 1 aliphatic heterocycles. The Balaban J connectivity index is 1.49. The molecular formula is C23H29N3O. The molecule has 3 aromatic rings. The molecule has 142 valence electrons. The van der Waals surface area contributed by atoms with E-state index in [1.165, 1.54) is 27.7 Å². The molecule has 4 heteroatoms. The highest BCUT2D eigenvalue weighted by atomic mass is 16.5. The van der Waals surface area contributed by atoms with Crippen LogP contribution >= 0.6 is 0 Å². The van der Waals surface area contributed by atoms with Gasteiger partial charge in [0, 0.05) is 29.7 Å². The van der Waals surface area contributed by atoms with Gasteiger partial charge >= 0.3 is 0 Å². The SMILES string of the molecule is CCN(CC)CCOc1ccc(C2NCCc3c2[nH]c2ccccc32)cc1. The summed E-state index contributed by atoms with van der Waals surface area (Å²) in [6.45, 7) is 9.22. The lowest BCUT2D eigenvalue weighted by molar-refractivity contribution is 0.223. The number of rotatable bonds is 7. The maximum Gasteiger partial charge on any atom is 0.119 e. The lowest BCUT2D eigenvalue weighted by atomic mass is 9.94. The van der Waals surface area contributed by atoms with Crippen molar-refractivity contribution in [2.45, 2.75) is 26.3 Å². The molecular weight excluding hydrogens is 334 g/mol. The van der Waals surface area contributed by atoms with E-state index in [9.17, 15) is 0 Å². The van der Waals surface area contributed by atoms with E-state index in [1.54, 1.807) is 0 Å². The van der Waals surface area contributed by atoms with Gasteiger partial charge in [0.1, 0.15) is 12.4 Å². The van der Waals surface area contributed by atoms with Crippen molar-refractivity contribution < 1.29 is 4.74 Å². The minimum absolute atomic E-state index is 0.214. The number of hydrogen-bond donors (Lipinski definition) is 2. The highest BCUT2D eigenvalue weighted by Gasteiger charge is 2.24. The summed E-state index contributed by atoms with van der Waals surface area (Å²) in [5.74, 6) is 0.943. The van der Waals surface area contributed by atoms with E-state index in [1.807, 2.05) is 0 Å². The van der Waals surface area contributed by atoms with Crippen LogP contribution in [0.25, 0.3) is 10.9 Å². The molecule has 2 heterocycles. The van der Waals surface area contributed by atoms with Crippen LogP contribution in [0.4, 0.5) is 0 Å². The van der Waals surface area contributed by atoms with E-state index < -0.39 is 0 Å². The molecule has 1 unspecified atom stereocenters. The van der Waals surface area contributed by atoms with Crippen molar-refractivity contribution in [1.29, 1.82) is 0 Å². The number of hydrogen-bond acceptors (Lipinski definition) is 3. The lowest BCUT2D eigenvalue weighted by Crippen LogP contribution is -2.30. The number of para-hydroxylation sites is 1. The van der Waals surface area contributed by atoms with Crippen LogP contribution in [0.5, 0.6) is 5.75 Å². The van der Waals surface area contributed by atoms with Gasteiger partial charge in [-0.3, -0.25) is 0 Å². The zero-order valence-electron chi connectivity index (χ0n) is 16.3. The zero-order chi connectivity index (χ0) is 18.6. The molecule has 0 fully saturated rings. The molecule has 0 bridgehead atoms. The fourth-order valence-electron chi connectivity index (χ4n) is 4.05. The van der Waals surface area contributed by atoms with Crippen LogP contribution in [0.2, 0.25) is 0 Å². The predicted octanol–water partition coefficient (Wildman–Crippen LogP) is 4.12. The summed E-state index contributed by atoms with van der Waals surface area (Å²) in [6, 6.07) is 17.4. The summed E-state index contributed by atoms with van der Waals surface area (Å²) in [7, 11) is 0. The topological polar surface area (TPSA) is 40.3 Å². The Morgan fingerprint density at radius 2 is 1.81 bits per heavy atom. The second kappa shape index (κ2) is 8.15. The first kappa shape index (κ1) is 18.1. The molecule has 27 heavy (non-hydrogen) atoms. The quantitative estimate of drug-likeness (QED) is 0.663. The average Bonchev–Trinajstić information content (AvgIpc) is 3.11. The third-order valence-corrected chi connectivity index (χ3v) is 5.64. The largest absolute Gasteiger partial charge is 0.492 e. The number of ether oxygens (including phenoxy) is 1. The summed E-state index contributed by atoms with van der Waals surface area (Å²) < 4.78 is 5.93. The van der Waals surface area contributed by atoms with Gasteiger partial charge in [-0.15, -0.1) is 0 Å². The second-order valence-corrected chi connectivity index (χ2v) is 7.14. The Kier molecular flexibility index (Phi) is 5.46. The third kappa shape index (κ3) is 3.73. The Morgan fingerprint density at radius 1 is 1.04 bits per heavy atom. The van der Waals surface area contributed by atoms with Crippen molar-refractivity contribution in [2.24, 2.45) is 0 Å². The van der Waals surface area contributed by atoms with Crippen LogP contribution < -0.4 is 10.1 Å². The third-order valence-electron chi connectivity index (χ3n) is 5.64. The number of fused-ring (bicyclic) bond motifs is 3. The van der Waals surface area contributed by atoms with Gasteiger partial charge in [-0.25, -0.2) is 0 Å². The van der Waals surface area contributed by atoms with Gasteiger partial charge in [-0.2, -0.15) is 0 Å². The Labute approximate surface area is 161 Å². The molecule has 1 aromatic heterocycles. The predicted molar refractivity (Wildman–Crippen MR) is 112 cm³/mol. The van der Waals surface area contributed by atoms with Crippen molar-refractivity contribution in [3.63, 3.8) is 0 Å². The van der Waals surface area contributed by atoms with Crippen LogP contribution in [0, 0.1) is 0 Å². The maximum atomic E-state index is 5.93. The van der Waals surface area contributed by atoms with Gasteiger partial charge in [0.15, 0.2) is 0 Å². The zero-order valence-corrected chi connectivity index (χ0v) is 16.3. The molecule has 0 amide bonds. The summed E-state index contributed by atoms with van der Waals surface area (Å²) in [6.07, 6.45) is 1.07. The summed E-state index contributed by atoms with van der Waals surface area (Å²) in [4.78, 5) is 6.01. The van der Waals surface area contributed by atoms with E-state index in [0.717, 1.165) is 45.0 Å². The standard InChI is InChI=1S/C23H29N3O/c1-3-26(4-2)15-16-27-18-11-9-17(10-12-18)22-23-20(13-14-24-22)19-7-5-6-8-21(19)25-23/h5-12,22,24-25H,3-4,13-16H2,1-2H3. The van der Waals surface area contributed by atoms with Gasteiger partial charge in [-0.1, -0.05) is 44.2 Å². The molecule has 0 spiro atoms. The maximum absolute atomic E-state index is 5.93. The molecule has 0 aliphatic carbocycles. The van der Waals surface area contributed by atoms with E-state index >= 15 is 0 Å². The van der Waals surface area contributed by atoms with E-state index in [0.29, 0.717) is 0 Å². The Bertz CT molecular complexity index is 880. The molecule has 1 aliphatic rings. The van der Waals surface area contributed by atoms with Gasteiger partial charge < -0.3 is 19.9 Å². The summed E-state index contributed by atoms with van der Waals surface area (Å²) in [5, 5.41) is 5.02. The molecule has 4 rings (SSSR count). The molecule has 0 radical (unpaired) electrons. The van der Waals surface area contributed by atoms with Crippen LogP contribution in [0.15, 0.2) is 48.5 Å². The van der Waals surface area contributed by atoms with E-state index in [4.69, 9.17) is 4.74 Å². The van der Waals surface area contributed by atoms with Crippen LogP contribution in [0.3, 0.4) is 0 Å². The molecule has 0 saturated heterocycles. The summed E-state index contributed by atoms with van der Waals surface area (Å²) >= 11 is 0. The number of likely N-dealkylation sites (N-methyl/N-ethyl adjacent to an activating group) is 1. The minimum Gasteiger partial charge on any atom is -0.492 e. The van der Waals surface area contributed by atoms with E-state index in [-0.39, 0.29) is 6.04 Å². The normalized spacial score (nSPS) is 16.6. The lowest BCUT2D eigenvalue weighted by Gasteiger charge is -2.25. The van der Waals surface area contributed by atoms with Crippen molar-refractivity contribution in [1.82, 2.24) is 15.2 Å². The molecule has 1 atom stereocenters. The second-order valence-electron chi connectivity index (χ2n) is 7.14. The number of nitrogens with zero attached hydrogens (tertiary/aromatic N) is 1. The van der Waals surface area contributed by atoms with E-state index in [2.05, 4.69) is 77.6 Å². The van der Waals surface area contributed by atoms with Gasteiger partial charge in [0.25, 0.3) is 0 Å². The monoisotopic (exact) mass is 363 g/mol. The molecule has 2 aromatic carbocycles. The first-order chi connectivity index (χ1) is 13.3.